The third kappa shape index (κ3) is 4.55. The summed E-state index contributed by atoms with van der Waals surface area (Å²) >= 11 is 0. The zero-order valence-electron chi connectivity index (χ0n) is 13.1. The van der Waals surface area contributed by atoms with E-state index in [0.29, 0.717) is 0 Å². The number of hydrogen-bond acceptors (Lipinski definition) is 4. The van der Waals surface area contributed by atoms with Gasteiger partial charge in [-0.2, -0.15) is 48.3 Å². The standard InChI is InChI=1S/C12H12F11NO3/c1-2-27-7(26)5-6(24-3-4-25)8(13,14)9(15,16)10(17,18)11(19,20)12(21,22)23/h5,24-25H,2-4H2,1H3/b6-5-. The number of carbonyl (C=O) groups is 1. The van der Waals surface area contributed by atoms with Crippen LogP contribution in [0.5, 0.6) is 0 Å². The number of ether oxygens (including phenoxy) is 1. The molecule has 0 spiro atoms. The van der Waals surface area contributed by atoms with E-state index < -0.39 is 67.4 Å². The predicted molar refractivity (Wildman–Crippen MR) is 65.6 cm³/mol. The summed E-state index contributed by atoms with van der Waals surface area (Å²) < 4.78 is 147. The second-order valence-electron chi connectivity index (χ2n) is 4.76. The van der Waals surface area contributed by atoms with Crippen LogP contribution in [0, 0.1) is 0 Å². The number of aliphatic hydroxyl groups is 1. The van der Waals surface area contributed by atoms with E-state index in [1.807, 2.05) is 0 Å². The molecule has 15 heteroatoms. The Balaban J connectivity index is 6.32. The zero-order valence-corrected chi connectivity index (χ0v) is 13.1. The van der Waals surface area contributed by atoms with E-state index in [0.717, 1.165) is 6.92 Å². The van der Waals surface area contributed by atoms with Gasteiger partial charge in [-0.05, 0) is 6.92 Å². The van der Waals surface area contributed by atoms with Gasteiger partial charge in [0.25, 0.3) is 0 Å². The van der Waals surface area contributed by atoms with Crippen LogP contribution < -0.4 is 5.32 Å². The van der Waals surface area contributed by atoms with Crippen LogP contribution in [0.3, 0.4) is 0 Å². The Morgan fingerprint density at radius 3 is 1.78 bits per heavy atom. The van der Waals surface area contributed by atoms with E-state index in [-0.39, 0.29) is 0 Å². The van der Waals surface area contributed by atoms with Crippen LogP contribution in [0.15, 0.2) is 11.8 Å². The highest BCUT2D eigenvalue weighted by molar-refractivity contribution is 5.83. The Morgan fingerprint density at radius 1 is 0.926 bits per heavy atom. The fourth-order valence-electron chi connectivity index (χ4n) is 1.49. The van der Waals surface area contributed by atoms with Gasteiger partial charge in [0.15, 0.2) is 0 Å². The average molecular weight is 427 g/mol. The van der Waals surface area contributed by atoms with Crippen molar-refractivity contribution in [1.82, 2.24) is 5.32 Å². The minimum absolute atomic E-state index is 0.507. The Labute approximate surface area is 144 Å². The number of halogens is 11. The van der Waals surface area contributed by atoms with Crippen molar-refractivity contribution in [3.63, 3.8) is 0 Å². The quantitative estimate of drug-likeness (QED) is 0.338. The number of nitrogens with one attached hydrogen (secondary N) is 1. The van der Waals surface area contributed by atoms with Gasteiger partial charge in [-0.1, -0.05) is 0 Å². The lowest BCUT2D eigenvalue weighted by Gasteiger charge is -2.38. The first-order valence-corrected chi connectivity index (χ1v) is 6.73. The Morgan fingerprint density at radius 2 is 1.41 bits per heavy atom. The third-order valence-corrected chi connectivity index (χ3v) is 2.85. The molecular weight excluding hydrogens is 415 g/mol. The van der Waals surface area contributed by atoms with Crippen LogP contribution in [-0.4, -0.2) is 60.7 Å². The second kappa shape index (κ2) is 8.06. The van der Waals surface area contributed by atoms with Crippen LogP contribution in [0.25, 0.3) is 0 Å². The second-order valence-corrected chi connectivity index (χ2v) is 4.76. The molecule has 0 aromatic rings. The number of rotatable bonds is 9. The van der Waals surface area contributed by atoms with Crippen molar-refractivity contribution in [2.24, 2.45) is 0 Å². The van der Waals surface area contributed by atoms with E-state index in [1.54, 1.807) is 0 Å². The molecule has 2 N–H and O–H groups in total. The van der Waals surface area contributed by atoms with Crippen molar-refractivity contribution < 1.29 is 62.9 Å². The van der Waals surface area contributed by atoms with Crippen molar-refractivity contribution in [1.29, 1.82) is 0 Å². The van der Waals surface area contributed by atoms with Crippen molar-refractivity contribution in [2.45, 2.75) is 36.8 Å². The summed E-state index contributed by atoms with van der Waals surface area (Å²) in [7, 11) is 0. The van der Waals surface area contributed by atoms with Gasteiger partial charge in [0.2, 0.25) is 0 Å². The first-order valence-electron chi connectivity index (χ1n) is 6.73. The Hall–Kier alpha value is -1.80. The highest BCUT2D eigenvalue weighted by atomic mass is 19.4. The molecule has 0 amide bonds. The predicted octanol–water partition coefficient (Wildman–Crippen LogP) is 3.12. The summed E-state index contributed by atoms with van der Waals surface area (Å²) in [5.41, 5.74) is -2.46. The lowest BCUT2D eigenvalue weighted by molar-refractivity contribution is -0.418. The molecule has 4 nitrogen and oxygen atoms in total. The molecule has 0 saturated carbocycles. The number of allylic oxidation sites excluding steroid dienone is 1. The Kier molecular flexibility index (Phi) is 7.52. The zero-order chi connectivity index (χ0) is 21.9. The maximum absolute atomic E-state index is 13.9. The normalized spacial score (nSPS) is 14.9. The van der Waals surface area contributed by atoms with Gasteiger partial charge in [0.1, 0.15) is 0 Å². The summed E-state index contributed by atoms with van der Waals surface area (Å²) in [6, 6.07) is 0. The molecule has 0 unspecified atom stereocenters. The smallest absolute Gasteiger partial charge is 0.460 e. The molecule has 0 atom stereocenters. The van der Waals surface area contributed by atoms with E-state index >= 15 is 0 Å². The summed E-state index contributed by atoms with van der Waals surface area (Å²) in [6.07, 6.45) is -7.82. The Bertz CT molecular complexity index is 557. The molecule has 27 heavy (non-hydrogen) atoms. The number of hydrogen-bond donors (Lipinski definition) is 2. The first kappa shape index (κ1) is 25.2. The SMILES string of the molecule is CCOC(=O)/C=C(\NCCO)C(F)(F)C(F)(F)C(F)(F)C(F)(F)C(F)(F)F. The number of alkyl halides is 11. The van der Waals surface area contributed by atoms with Crippen LogP contribution in [-0.2, 0) is 9.53 Å². The summed E-state index contributed by atoms with van der Waals surface area (Å²) in [5.74, 6) is -30.7. The molecule has 0 bridgehead atoms. The van der Waals surface area contributed by atoms with Gasteiger partial charge >= 0.3 is 35.8 Å². The highest BCUT2D eigenvalue weighted by Gasteiger charge is 2.87. The molecule has 0 aromatic heterocycles. The largest absolute Gasteiger partial charge is 0.463 e. The van der Waals surface area contributed by atoms with Gasteiger partial charge in [0.05, 0.1) is 18.9 Å². The topological polar surface area (TPSA) is 58.6 Å². The number of aliphatic hydroxyl groups excluding tert-OH is 1. The van der Waals surface area contributed by atoms with Crippen molar-refractivity contribution >= 4 is 5.97 Å². The summed E-state index contributed by atoms with van der Waals surface area (Å²) in [5, 5.41) is 9.65. The lowest BCUT2D eigenvalue weighted by atomic mass is 9.95. The monoisotopic (exact) mass is 427 g/mol. The minimum atomic E-state index is -7.61. The molecule has 0 aromatic carbocycles. The maximum Gasteiger partial charge on any atom is 0.460 e. The van der Waals surface area contributed by atoms with Gasteiger partial charge in [0, 0.05) is 12.6 Å². The maximum atomic E-state index is 13.9. The average Bonchev–Trinajstić information content (AvgIpc) is 2.49. The fourth-order valence-corrected chi connectivity index (χ4v) is 1.49. The molecule has 0 saturated heterocycles. The molecule has 0 aliphatic heterocycles. The molecular formula is C12H12F11NO3. The molecule has 0 heterocycles. The van der Waals surface area contributed by atoms with Crippen LogP contribution in [0.1, 0.15) is 6.92 Å². The van der Waals surface area contributed by atoms with Crippen molar-refractivity contribution in [2.75, 3.05) is 19.8 Å². The van der Waals surface area contributed by atoms with Crippen molar-refractivity contribution in [3.8, 4) is 0 Å². The number of esters is 1. The third-order valence-electron chi connectivity index (χ3n) is 2.85. The lowest BCUT2D eigenvalue weighted by Crippen LogP contribution is -2.67. The summed E-state index contributed by atoms with van der Waals surface area (Å²) in [4.78, 5) is 11.1. The van der Waals surface area contributed by atoms with Gasteiger partial charge in [-0.25, -0.2) is 4.79 Å². The molecule has 160 valence electrons. The highest BCUT2D eigenvalue weighted by Crippen LogP contribution is 2.58. The van der Waals surface area contributed by atoms with Gasteiger partial charge in [-0.15, -0.1) is 0 Å². The molecule has 0 aliphatic carbocycles. The van der Waals surface area contributed by atoms with Crippen LogP contribution in [0.4, 0.5) is 48.3 Å². The number of carbonyl (C=O) groups excluding carboxylic acids is 1. The summed E-state index contributed by atoms with van der Waals surface area (Å²) in [6.45, 7) is -1.54. The molecule has 0 aliphatic rings. The van der Waals surface area contributed by atoms with E-state index in [1.165, 1.54) is 5.32 Å². The van der Waals surface area contributed by atoms with Crippen molar-refractivity contribution in [3.05, 3.63) is 11.8 Å². The van der Waals surface area contributed by atoms with Gasteiger partial charge in [-0.3, -0.25) is 0 Å². The first-order chi connectivity index (χ1) is 11.9. The molecule has 0 rings (SSSR count). The van der Waals surface area contributed by atoms with Crippen LogP contribution >= 0.6 is 0 Å². The van der Waals surface area contributed by atoms with E-state index in [2.05, 4.69) is 4.74 Å². The molecule has 0 fully saturated rings. The van der Waals surface area contributed by atoms with Gasteiger partial charge < -0.3 is 15.2 Å². The van der Waals surface area contributed by atoms with E-state index in [4.69, 9.17) is 5.11 Å². The molecule has 0 radical (unpaired) electrons. The fraction of sp³-hybridized carbons (Fsp3) is 0.750. The minimum Gasteiger partial charge on any atom is -0.463 e. The van der Waals surface area contributed by atoms with E-state index in [9.17, 15) is 53.1 Å². The van der Waals surface area contributed by atoms with Crippen LogP contribution in [0.2, 0.25) is 0 Å².